The van der Waals surface area contributed by atoms with E-state index in [1.54, 1.807) is 7.11 Å². The third-order valence-electron chi connectivity index (χ3n) is 5.13. The SMILES string of the molecule is CCN(CC)CC1CCN(C(=NC)NCC(C)Oc2cccc(OC)c2)C1.I. The highest BCUT2D eigenvalue weighted by Crippen LogP contribution is 2.20. The molecule has 1 N–H and O–H groups in total. The average molecular weight is 504 g/mol. The monoisotopic (exact) mass is 504 g/mol. The Morgan fingerprint density at radius 2 is 2.04 bits per heavy atom. The number of nitrogens with one attached hydrogen (secondary N) is 1. The Morgan fingerprint density at radius 3 is 2.68 bits per heavy atom. The van der Waals surface area contributed by atoms with Crippen molar-refractivity contribution in [3.63, 3.8) is 0 Å². The van der Waals surface area contributed by atoms with E-state index in [4.69, 9.17) is 9.47 Å². The van der Waals surface area contributed by atoms with E-state index < -0.39 is 0 Å². The molecule has 160 valence electrons. The van der Waals surface area contributed by atoms with Gasteiger partial charge in [-0.3, -0.25) is 4.99 Å². The van der Waals surface area contributed by atoms with Crippen LogP contribution in [0, 0.1) is 5.92 Å². The molecule has 0 saturated carbocycles. The van der Waals surface area contributed by atoms with Gasteiger partial charge in [-0.05, 0) is 44.5 Å². The molecule has 2 atom stereocenters. The first-order chi connectivity index (χ1) is 13.1. The number of aliphatic imine (C=N–C) groups is 1. The quantitative estimate of drug-likeness (QED) is 0.318. The summed E-state index contributed by atoms with van der Waals surface area (Å²) < 4.78 is 11.2. The summed E-state index contributed by atoms with van der Waals surface area (Å²) in [7, 11) is 3.52. The van der Waals surface area contributed by atoms with Crippen molar-refractivity contribution in [2.45, 2.75) is 33.3 Å². The number of guanidine groups is 1. The van der Waals surface area contributed by atoms with Gasteiger partial charge in [0.2, 0.25) is 0 Å². The van der Waals surface area contributed by atoms with Gasteiger partial charge < -0.3 is 24.6 Å². The van der Waals surface area contributed by atoms with Crippen molar-refractivity contribution >= 4 is 29.9 Å². The summed E-state index contributed by atoms with van der Waals surface area (Å²) >= 11 is 0. The Labute approximate surface area is 187 Å². The standard InChI is InChI=1S/C21H36N4O2.HI/c1-6-24(7-2)15-18-11-12-25(16-18)21(22-4)23-14-17(3)27-20-10-8-9-19(13-20)26-5;/h8-10,13,17-18H,6-7,11-12,14-16H2,1-5H3,(H,22,23);1H. The predicted molar refractivity (Wildman–Crippen MR) is 127 cm³/mol. The van der Waals surface area contributed by atoms with Crippen LogP contribution in [-0.2, 0) is 0 Å². The number of methoxy groups -OCH3 is 1. The average Bonchev–Trinajstić information content (AvgIpc) is 3.15. The number of likely N-dealkylation sites (tertiary alicyclic amines) is 1. The molecule has 1 heterocycles. The number of hydrogen-bond donors (Lipinski definition) is 1. The molecule has 6 nitrogen and oxygen atoms in total. The molecule has 7 heteroatoms. The van der Waals surface area contributed by atoms with Gasteiger partial charge in [0.1, 0.15) is 17.6 Å². The van der Waals surface area contributed by atoms with Gasteiger partial charge >= 0.3 is 0 Å². The maximum Gasteiger partial charge on any atom is 0.193 e. The summed E-state index contributed by atoms with van der Waals surface area (Å²) in [4.78, 5) is 9.35. The molecule has 0 amide bonds. The molecule has 0 spiro atoms. The molecular weight excluding hydrogens is 467 g/mol. The smallest absolute Gasteiger partial charge is 0.193 e. The molecule has 0 aromatic heterocycles. The number of halogens is 1. The van der Waals surface area contributed by atoms with Crippen LogP contribution in [0.3, 0.4) is 0 Å². The molecular formula is C21H37IN4O2. The fraction of sp³-hybridized carbons (Fsp3) is 0.667. The minimum absolute atomic E-state index is 0. The minimum atomic E-state index is 0. The Morgan fingerprint density at radius 1 is 1.32 bits per heavy atom. The van der Waals surface area contributed by atoms with Crippen LogP contribution in [0.25, 0.3) is 0 Å². The molecule has 28 heavy (non-hydrogen) atoms. The number of benzene rings is 1. The summed E-state index contributed by atoms with van der Waals surface area (Å²) in [5.74, 6) is 3.31. The Bertz CT molecular complexity index is 596. The van der Waals surface area contributed by atoms with E-state index in [0.29, 0.717) is 12.5 Å². The normalized spacial score (nSPS) is 18.0. The van der Waals surface area contributed by atoms with Crippen molar-refractivity contribution in [1.82, 2.24) is 15.1 Å². The van der Waals surface area contributed by atoms with Crippen molar-refractivity contribution in [1.29, 1.82) is 0 Å². The fourth-order valence-electron chi connectivity index (χ4n) is 3.54. The summed E-state index contributed by atoms with van der Waals surface area (Å²) in [5.41, 5.74) is 0. The van der Waals surface area contributed by atoms with E-state index in [0.717, 1.165) is 43.6 Å². The lowest BCUT2D eigenvalue weighted by Crippen LogP contribution is -2.44. The van der Waals surface area contributed by atoms with E-state index in [9.17, 15) is 0 Å². The number of nitrogens with zero attached hydrogens (tertiary/aromatic N) is 3. The lowest BCUT2D eigenvalue weighted by molar-refractivity contribution is 0.221. The van der Waals surface area contributed by atoms with Gasteiger partial charge in [0.15, 0.2) is 5.96 Å². The van der Waals surface area contributed by atoms with Crippen LogP contribution in [0.4, 0.5) is 0 Å². The van der Waals surface area contributed by atoms with Crippen LogP contribution < -0.4 is 14.8 Å². The molecule has 1 aliphatic heterocycles. The van der Waals surface area contributed by atoms with Crippen LogP contribution in [0.2, 0.25) is 0 Å². The van der Waals surface area contributed by atoms with E-state index in [1.807, 2.05) is 31.3 Å². The molecule has 2 unspecified atom stereocenters. The number of rotatable bonds is 9. The summed E-state index contributed by atoms with van der Waals surface area (Å²) in [6, 6.07) is 7.71. The molecule has 1 fully saturated rings. The van der Waals surface area contributed by atoms with Gasteiger partial charge in [-0.2, -0.15) is 0 Å². The van der Waals surface area contributed by atoms with E-state index in [2.05, 4.69) is 40.9 Å². The Kier molecular flexibility index (Phi) is 11.6. The molecule has 1 saturated heterocycles. The van der Waals surface area contributed by atoms with Gasteiger partial charge in [-0.25, -0.2) is 0 Å². The van der Waals surface area contributed by atoms with Crippen LogP contribution in [0.5, 0.6) is 11.5 Å². The highest BCUT2D eigenvalue weighted by Gasteiger charge is 2.26. The first kappa shape index (κ1) is 24.8. The lowest BCUT2D eigenvalue weighted by atomic mass is 10.1. The predicted octanol–water partition coefficient (Wildman–Crippen LogP) is 3.32. The van der Waals surface area contributed by atoms with E-state index >= 15 is 0 Å². The molecule has 0 bridgehead atoms. The highest BCUT2D eigenvalue weighted by atomic mass is 127. The van der Waals surface area contributed by atoms with Crippen LogP contribution in [-0.4, -0.2) is 75.3 Å². The molecule has 2 rings (SSSR count). The maximum atomic E-state index is 5.99. The van der Waals surface area contributed by atoms with Crippen molar-refractivity contribution < 1.29 is 9.47 Å². The van der Waals surface area contributed by atoms with Crippen molar-refractivity contribution in [2.75, 3.05) is 53.4 Å². The number of ether oxygens (including phenoxy) is 2. The first-order valence-electron chi connectivity index (χ1n) is 10.1. The summed E-state index contributed by atoms with van der Waals surface area (Å²) in [6.07, 6.45) is 1.26. The van der Waals surface area contributed by atoms with Gasteiger partial charge in [-0.15, -0.1) is 24.0 Å². The second-order valence-corrected chi connectivity index (χ2v) is 7.12. The zero-order valence-corrected chi connectivity index (χ0v) is 20.3. The van der Waals surface area contributed by atoms with Crippen molar-refractivity contribution in [3.05, 3.63) is 24.3 Å². The zero-order chi connectivity index (χ0) is 19.6. The van der Waals surface area contributed by atoms with Crippen LogP contribution >= 0.6 is 24.0 Å². The maximum absolute atomic E-state index is 5.99. The molecule has 1 aliphatic rings. The van der Waals surface area contributed by atoms with Gasteiger partial charge in [0.05, 0.1) is 13.7 Å². The Hall–Kier alpha value is -1.22. The van der Waals surface area contributed by atoms with Crippen molar-refractivity contribution in [3.8, 4) is 11.5 Å². The fourth-order valence-corrected chi connectivity index (χ4v) is 3.54. The Balaban J connectivity index is 0.00000392. The van der Waals surface area contributed by atoms with E-state index in [-0.39, 0.29) is 30.1 Å². The zero-order valence-electron chi connectivity index (χ0n) is 18.0. The molecule has 0 aliphatic carbocycles. The molecule has 0 radical (unpaired) electrons. The third kappa shape index (κ3) is 7.66. The van der Waals surface area contributed by atoms with Gasteiger partial charge in [0.25, 0.3) is 0 Å². The third-order valence-corrected chi connectivity index (χ3v) is 5.13. The first-order valence-corrected chi connectivity index (χ1v) is 10.1. The minimum Gasteiger partial charge on any atom is -0.497 e. The second-order valence-electron chi connectivity index (χ2n) is 7.12. The van der Waals surface area contributed by atoms with E-state index in [1.165, 1.54) is 13.0 Å². The summed E-state index contributed by atoms with van der Waals surface area (Å²) in [6.45, 7) is 12.8. The topological polar surface area (TPSA) is 49.3 Å². The van der Waals surface area contributed by atoms with Gasteiger partial charge in [-0.1, -0.05) is 19.9 Å². The molecule has 1 aromatic rings. The number of hydrogen-bond acceptors (Lipinski definition) is 4. The van der Waals surface area contributed by atoms with Gasteiger partial charge in [0, 0.05) is 32.7 Å². The largest absolute Gasteiger partial charge is 0.497 e. The van der Waals surface area contributed by atoms with Crippen LogP contribution in [0.15, 0.2) is 29.3 Å². The lowest BCUT2D eigenvalue weighted by Gasteiger charge is -2.25. The van der Waals surface area contributed by atoms with Crippen molar-refractivity contribution in [2.24, 2.45) is 10.9 Å². The second kappa shape index (κ2) is 13.1. The highest BCUT2D eigenvalue weighted by molar-refractivity contribution is 14.0. The van der Waals surface area contributed by atoms with Crippen LogP contribution in [0.1, 0.15) is 27.2 Å². The molecule has 1 aromatic carbocycles. The summed E-state index contributed by atoms with van der Waals surface area (Å²) in [5, 5.41) is 3.47.